The number of hydrogen-bond acceptors (Lipinski definition) is 5. The van der Waals surface area contributed by atoms with Crippen molar-refractivity contribution in [2.75, 3.05) is 11.9 Å². The Morgan fingerprint density at radius 3 is 2.55 bits per heavy atom. The van der Waals surface area contributed by atoms with Gasteiger partial charge < -0.3 is 10.1 Å². The monoisotopic (exact) mass is 421 g/mol. The third-order valence-electron chi connectivity index (χ3n) is 5.04. The number of amides is 1. The van der Waals surface area contributed by atoms with Crippen molar-refractivity contribution in [3.8, 4) is 0 Å². The molecule has 0 aliphatic carbocycles. The van der Waals surface area contributed by atoms with Gasteiger partial charge in [0.05, 0.1) is 5.39 Å². The van der Waals surface area contributed by atoms with E-state index in [0.717, 1.165) is 30.4 Å². The van der Waals surface area contributed by atoms with E-state index in [1.54, 1.807) is 24.3 Å². The number of fused-ring (bicyclic) bond motifs is 1. The molecule has 0 aliphatic rings. The fourth-order valence-electron chi connectivity index (χ4n) is 3.31. The summed E-state index contributed by atoms with van der Waals surface area (Å²) in [6.07, 6.45) is 2.75. The van der Waals surface area contributed by atoms with Crippen LogP contribution in [-0.2, 0) is 16.1 Å². The Morgan fingerprint density at radius 1 is 1.06 bits per heavy atom. The number of nitrogens with zero attached hydrogens (tertiary/aromatic N) is 2. The minimum atomic E-state index is -0.739. The van der Waals surface area contributed by atoms with Gasteiger partial charge >= 0.3 is 5.97 Å². The lowest BCUT2D eigenvalue weighted by Gasteiger charge is -2.12. The first kappa shape index (κ1) is 22.2. The van der Waals surface area contributed by atoms with Crippen LogP contribution in [0.3, 0.4) is 0 Å². The molecule has 0 aliphatic heterocycles. The van der Waals surface area contributed by atoms with Gasteiger partial charge in [-0.05, 0) is 43.5 Å². The van der Waals surface area contributed by atoms with Crippen LogP contribution in [0.2, 0.25) is 0 Å². The molecule has 3 rings (SSSR count). The number of unbranched alkanes of at least 4 members (excludes halogenated alkanes) is 2. The lowest BCUT2D eigenvalue weighted by Crippen LogP contribution is -2.28. The lowest BCUT2D eigenvalue weighted by atomic mass is 10.1. The Morgan fingerprint density at radius 2 is 1.81 bits per heavy atom. The minimum absolute atomic E-state index is 0.0336. The van der Waals surface area contributed by atoms with Gasteiger partial charge in [0.15, 0.2) is 12.3 Å². The highest BCUT2D eigenvalue weighted by molar-refractivity contribution is 6.03. The summed E-state index contributed by atoms with van der Waals surface area (Å²) in [6, 6.07) is 12.5. The van der Waals surface area contributed by atoms with Gasteiger partial charge in [0.1, 0.15) is 0 Å². The number of nitrogens with one attached hydrogen (secondary N) is 1. The molecule has 1 aromatic heterocycles. The molecule has 1 N–H and O–H groups in total. The highest BCUT2D eigenvalue weighted by atomic mass is 16.5. The van der Waals surface area contributed by atoms with Crippen LogP contribution in [0.1, 0.15) is 47.8 Å². The number of anilines is 1. The largest absolute Gasteiger partial charge is 0.451 e. The number of aryl methyl sites for hydroxylation is 3. The average molecular weight is 421 g/mol. The van der Waals surface area contributed by atoms with E-state index >= 15 is 0 Å². The number of carbonyl (C=O) groups is 2. The van der Waals surface area contributed by atoms with E-state index < -0.39 is 18.5 Å². The molecule has 7 heteroatoms. The molecule has 0 saturated heterocycles. The zero-order valence-electron chi connectivity index (χ0n) is 18.1. The summed E-state index contributed by atoms with van der Waals surface area (Å²) in [5.74, 6) is -1.18. The Hall–Kier alpha value is -3.48. The molecule has 0 fully saturated rings. The minimum Gasteiger partial charge on any atom is -0.451 e. The van der Waals surface area contributed by atoms with Gasteiger partial charge in [-0.15, -0.1) is 0 Å². The molecular formula is C24H27N3O4. The van der Waals surface area contributed by atoms with Crippen molar-refractivity contribution < 1.29 is 14.3 Å². The van der Waals surface area contributed by atoms with Crippen LogP contribution >= 0.6 is 0 Å². The number of carbonyl (C=O) groups excluding carboxylic acids is 2. The highest BCUT2D eigenvalue weighted by Gasteiger charge is 2.19. The van der Waals surface area contributed by atoms with Gasteiger partial charge in [0, 0.05) is 17.6 Å². The van der Waals surface area contributed by atoms with E-state index in [4.69, 9.17) is 4.74 Å². The number of hydrogen-bond donors (Lipinski definition) is 1. The number of esters is 1. The lowest BCUT2D eigenvalue weighted by molar-refractivity contribution is -0.119. The SMILES string of the molecule is CCCCCn1nc(C(=O)OCC(=O)Nc2cc(C)ccc2C)c2ccccc2c1=O. The summed E-state index contributed by atoms with van der Waals surface area (Å²) >= 11 is 0. The van der Waals surface area contributed by atoms with Crippen LogP contribution in [0.5, 0.6) is 0 Å². The molecule has 0 bridgehead atoms. The summed E-state index contributed by atoms with van der Waals surface area (Å²) in [6.45, 7) is 5.87. The molecule has 0 atom stereocenters. The number of benzene rings is 2. The molecule has 0 saturated carbocycles. The van der Waals surface area contributed by atoms with Crippen molar-refractivity contribution in [1.29, 1.82) is 0 Å². The van der Waals surface area contributed by atoms with E-state index in [1.807, 2.05) is 32.0 Å². The number of ether oxygens (including phenoxy) is 1. The van der Waals surface area contributed by atoms with E-state index in [9.17, 15) is 14.4 Å². The van der Waals surface area contributed by atoms with Crippen molar-refractivity contribution in [2.24, 2.45) is 0 Å². The van der Waals surface area contributed by atoms with Crippen LogP contribution in [0.25, 0.3) is 10.8 Å². The fraction of sp³-hybridized carbons (Fsp3) is 0.333. The topological polar surface area (TPSA) is 90.3 Å². The molecule has 31 heavy (non-hydrogen) atoms. The maximum atomic E-state index is 12.7. The molecule has 0 radical (unpaired) electrons. The first-order valence-corrected chi connectivity index (χ1v) is 10.4. The average Bonchev–Trinajstić information content (AvgIpc) is 2.76. The third kappa shape index (κ3) is 5.36. The standard InChI is InChI=1S/C24H27N3O4/c1-4-5-8-13-27-23(29)19-10-7-6-9-18(19)22(26-27)24(30)31-15-21(28)25-20-14-16(2)11-12-17(20)3/h6-7,9-12,14H,4-5,8,13,15H2,1-3H3,(H,25,28). The second-order valence-electron chi connectivity index (χ2n) is 7.57. The predicted molar refractivity (Wildman–Crippen MR) is 120 cm³/mol. The Labute approximate surface area is 181 Å². The summed E-state index contributed by atoms with van der Waals surface area (Å²) < 4.78 is 6.54. The highest BCUT2D eigenvalue weighted by Crippen LogP contribution is 2.17. The molecule has 1 amide bonds. The summed E-state index contributed by atoms with van der Waals surface area (Å²) in [5.41, 5.74) is 2.40. The van der Waals surface area contributed by atoms with Crippen molar-refractivity contribution in [1.82, 2.24) is 9.78 Å². The van der Waals surface area contributed by atoms with Gasteiger partial charge in [0.2, 0.25) is 0 Å². The Kier molecular flexibility index (Phi) is 7.18. The maximum Gasteiger partial charge on any atom is 0.359 e. The second kappa shape index (κ2) is 10.0. The molecule has 2 aromatic carbocycles. The maximum absolute atomic E-state index is 12.7. The summed E-state index contributed by atoms with van der Waals surface area (Å²) in [7, 11) is 0. The van der Waals surface area contributed by atoms with E-state index in [1.165, 1.54) is 4.68 Å². The number of aromatic nitrogens is 2. The smallest absolute Gasteiger partial charge is 0.359 e. The van der Waals surface area contributed by atoms with E-state index in [0.29, 0.717) is 23.0 Å². The Balaban J connectivity index is 1.78. The first-order chi connectivity index (χ1) is 14.9. The first-order valence-electron chi connectivity index (χ1n) is 10.4. The molecule has 1 heterocycles. The van der Waals surface area contributed by atoms with Crippen LogP contribution in [-0.4, -0.2) is 28.3 Å². The van der Waals surface area contributed by atoms with Crippen LogP contribution in [0.15, 0.2) is 47.3 Å². The molecule has 0 spiro atoms. The van der Waals surface area contributed by atoms with E-state index in [-0.39, 0.29) is 11.3 Å². The number of rotatable bonds is 8. The molecule has 0 unspecified atom stereocenters. The van der Waals surface area contributed by atoms with Gasteiger partial charge in [-0.3, -0.25) is 9.59 Å². The molecule has 3 aromatic rings. The van der Waals surface area contributed by atoms with Crippen LogP contribution in [0, 0.1) is 13.8 Å². The van der Waals surface area contributed by atoms with E-state index in [2.05, 4.69) is 17.3 Å². The van der Waals surface area contributed by atoms with Crippen LogP contribution in [0.4, 0.5) is 5.69 Å². The quantitative estimate of drug-likeness (QED) is 0.439. The second-order valence-corrected chi connectivity index (χ2v) is 7.57. The van der Waals surface area contributed by atoms with Gasteiger partial charge in [-0.25, -0.2) is 9.48 Å². The van der Waals surface area contributed by atoms with Gasteiger partial charge in [-0.1, -0.05) is 50.1 Å². The van der Waals surface area contributed by atoms with Crippen molar-refractivity contribution >= 4 is 28.3 Å². The summed E-state index contributed by atoms with van der Waals surface area (Å²) in [4.78, 5) is 37.8. The molecule has 162 valence electrons. The third-order valence-corrected chi connectivity index (χ3v) is 5.04. The fourth-order valence-corrected chi connectivity index (χ4v) is 3.31. The van der Waals surface area contributed by atoms with Gasteiger partial charge in [-0.2, -0.15) is 5.10 Å². The zero-order valence-corrected chi connectivity index (χ0v) is 18.1. The summed E-state index contributed by atoms with van der Waals surface area (Å²) in [5, 5.41) is 7.84. The van der Waals surface area contributed by atoms with Crippen molar-refractivity contribution in [3.05, 3.63) is 69.6 Å². The normalized spacial score (nSPS) is 10.8. The van der Waals surface area contributed by atoms with Crippen LogP contribution < -0.4 is 10.9 Å². The molecular weight excluding hydrogens is 394 g/mol. The van der Waals surface area contributed by atoms with Gasteiger partial charge in [0.25, 0.3) is 11.5 Å². The predicted octanol–water partition coefficient (Wildman–Crippen LogP) is 4.00. The van der Waals surface area contributed by atoms with Crippen molar-refractivity contribution in [3.63, 3.8) is 0 Å². The zero-order chi connectivity index (χ0) is 22.4. The Bertz CT molecular complexity index is 1170. The van der Waals surface area contributed by atoms with Crippen molar-refractivity contribution in [2.45, 2.75) is 46.6 Å². The molecule has 7 nitrogen and oxygen atoms in total.